The maximum absolute atomic E-state index is 8.88. The fourth-order valence-electron chi connectivity index (χ4n) is 2.07. The van der Waals surface area contributed by atoms with Crippen LogP contribution in [0.1, 0.15) is 33.1 Å². The first kappa shape index (κ1) is 11.5. The van der Waals surface area contributed by atoms with Gasteiger partial charge in [-0.25, -0.2) is 0 Å². The van der Waals surface area contributed by atoms with Gasteiger partial charge in [0.25, 0.3) is 0 Å². The molecule has 1 rings (SSSR count). The largest absolute Gasteiger partial charge is 0.396 e. The molecule has 0 saturated carbocycles. The highest BCUT2D eigenvalue weighted by atomic mass is 16.3. The molecule has 0 bridgehead atoms. The number of piperidine rings is 1. The smallest absolute Gasteiger partial charge is 0.0983 e. The zero-order valence-corrected chi connectivity index (χ0v) is 9.29. The van der Waals surface area contributed by atoms with Crippen LogP contribution in [0.15, 0.2) is 0 Å². The molecule has 1 atom stereocenters. The zero-order chi connectivity index (χ0) is 10.6. The van der Waals surface area contributed by atoms with Gasteiger partial charge in [0.2, 0.25) is 0 Å². The van der Waals surface area contributed by atoms with Crippen LogP contribution in [0.4, 0.5) is 0 Å². The predicted octanol–water partition coefficient (Wildman–Crippen LogP) is 1.71. The number of aliphatic hydroxyl groups is 1. The number of hydrogen-bond donors (Lipinski definition) is 2. The number of likely N-dealkylation sites (tertiary alicyclic amines) is 1. The molecular formula is C11H22N2O. The second-order valence-corrected chi connectivity index (χ2v) is 4.51. The third-order valence-corrected chi connectivity index (χ3v) is 2.94. The molecule has 1 aliphatic rings. The molecule has 0 aromatic rings. The molecule has 3 heteroatoms. The summed E-state index contributed by atoms with van der Waals surface area (Å²) in [5, 5.41) is 16.8. The van der Waals surface area contributed by atoms with E-state index >= 15 is 0 Å². The average molecular weight is 198 g/mol. The summed E-state index contributed by atoms with van der Waals surface area (Å²) in [5.41, 5.74) is 0. The summed E-state index contributed by atoms with van der Waals surface area (Å²) in [6.45, 7) is 6.42. The van der Waals surface area contributed by atoms with Gasteiger partial charge >= 0.3 is 0 Å². The van der Waals surface area contributed by atoms with Crippen molar-refractivity contribution in [2.75, 3.05) is 19.7 Å². The van der Waals surface area contributed by atoms with E-state index < -0.39 is 0 Å². The van der Waals surface area contributed by atoms with Gasteiger partial charge in [-0.1, -0.05) is 13.8 Å². The Balaban J connectivity index is 2.43. The first-order chi connectivity index (χ1) is 6.65. The second kappa shape index (κ2) is 5.35. The Morgan fingerprint density at radius 2 is 2.29 bits per heavy atom. The van der Waals surface area contributed by atoms with E-state index in [9.17, 15) is 0 Å². The van der Waals surface area contributed by atoms with Crippen molar-refractivity contribution in [3.8, 4) is 0 Å². The lowest BCUT2D eigenvalue weighted by molar-refractivity contribution is 0.194. The van der Waals surface area contributed by atoms with Gasteiger partial charge in [0.05, 0.1) is 5.84 Å². The SMILES string of the molecule is CC(C)C(=N)N1CCCC(CCO)C1. The molecule has 0 aliphatic carbocycles. The molecule has 1 heterocycles. The van der Waals surface area contributed by atoms with Crippen LogP contribution >= 0.6 is 0 Å². The molecule has 1 aliphatic heterocycles. The topological polar surface area (TPSA) is 47.3 Å². The molecule has 2 N–H and O–H groups in total. The Hall–Kier alpha value is -0.570. The standard InChI is InChI=1S/C11H22N2O/c1-9(2)11(12)13-6-3-4-10(8-13)5-7-14/h9-10,12,14H,3-8H2,1-2H3. The third kappa shape index (κ3) is 2.98. The van der Waals surface area contributed by atoms with Gasteiger partial charge in [0.1, 0.15) is 0 Å². The van der Waals surface area contributed by atoms with Crippen LogP contribution in [0, 0.1) is 17.2 Å². The first-order valence-corrected chi connectivity index (χ1v) is 5.59. The van der Waals surface area contributed by atoms with Crippen molar-refractivity contribution in [3.05, 3.63) is 0 Å². The van der Waals surface area contributed by atoms with Crippen LogP contribution in [0.25, 0.3) is 0 Å². The lowest BCUT2D eigenvalue weighted by Crippen LogP contribution is -2.41. The van der Waals surface area contributed by atoms with E-state index in [4.69, 9.17) is 10.5 Å². The van der Waals surface area contributed by atoms with Crippen molar-refractivity contribution in [3.63, 3.8) is 0 Å². The van der Waals surface area contributed by atoms with Crippen molar-refractivity contribution in [2.45, 2.75) is 33.1 Å². The predicted molar refractivity (Wildman–Crippen MR) is 58.6 cm³/mol. The van der Waals surface area contributed by atoms with Gasteiger partial charge in [-0.05, 0) is 25.2 Å². The van der Waals surface area contributed by atoms with Crippen molar-refractivity contribution >= 4 is 5.84 Å². The highest BCUT2D eigenvalue weighted by Crippen LogP contribution is 2.20. The number of rotatable bonds is 3. The molecule has 1 unspecified atom stereocenters. The van der Waals surface area contributed by atoms with Crippen molar-refractivity contribution < 1.29 is 5.11 Å². The Morgan fingerprint density at radius 3 is 2.86 bits per heavy atom. The van der Waals surface area contributed by atoms with Crippen LogP contribution in [0.3, 0.4) is 0 Å². The van der Waals surface area contributed by atoms with Gasteiger partial charge in [-0.15, -0.1) is 0 Å². The Bertz CT molecular complexity index is 190. The zero-order valence-electron chi connectivity index (χ0n) is 9.29. The fourth-order valence-corrected chi connectivity index (χ4v) is 2.07. The lowest BCUT2D eigenvalue weighted by atomic mass is 9.94. The summed E-state index contributed by atoms with van der Waals surface area (Å²) in [5.74, 6) is 1.67. The van der Waals surface area contributed by atoms with Gasteiger partial charge in [-0.3, -0.25) is 5.41 Å². The highest BCUT2D eigenvalue weighted by Gasteiger charge is 2.22. The van der Waals surface area contributed by atoms with Crippen molar-refractivity contribution in [2.24, 2.45) is 11.8 Å². The molecule has 0 aromatic carbocycles. The summed E-state index contributed by atoms with van der Waals surface area (Å²) in [4.78, 5) is 2.18. The molecule has 0 radical (unpaired) electrons. The Labute approximate surface area is 86.6 Å². The van der Waals surface area contributed by atoms with E-state index in [0.717, 1.165) is 25.3 Å². The van der Waals surface area contributed by atoms with Crippen LogP contribution in [-0.2, 0) is 0 Å². The van der Waals surface area contributed by atoms with Gasteiger partial charge in [-0.2, -0.15) is 0 Å². The number of amidine groups is 1. The van der Waals surface area contributed by atoms with E-state index in [-0.39, 0.29) is 6.61 Å². The summed E-state index contributed by atoms with van der Waals surface area (Å²) >= 11 is 0. The fraction of sp³-hybridized carbons (Fsp3) is 0.909. The quantitative estimate of drug-likeness (QED) is 0.536. The summed E-state index contributed by atoms with van der Waals surface area (Å²) in [6.07, 6.45) is 3.27. The Morgan fingerprint density at radius 1 is 1.57 bits per heavy atom. The van der Waals surface area contributed by atoms with E-state index in [0.29, 0.717) is 11.8 Å². The summed E-state index contributed by atoms with van der Waals surface area (Å²) < 4.78 is 0. The van der Waals surface area contributed by atoms with Crippen molar-refractivity contribution in [1.29, 1.82) is 5.41 Å². The minimum Gasteiger partial charge on any atom is -0.396 e. The second-order valence-electron chi connectivity index (χ2n) is 4.51. The molecule has 82 valence electrons. The summed E-state index contributed by atoms with van der Waals surface area (Å²) in [7, 11) is 0. The lowest BCUT2D eigenvalue weighted by Gasteiger charge is -2.35. The van der Waals surface area contributed by atoms with Crippen LogP contribution in [-0.4, -0.2) is 35.5 Å². The van der Waals surface area contributed by atoms with Gasteiger partial charge < -0.3 is 10.0 Å². The maximum Gasteiger partial charge on any atom is 0.0983 e. The van der Waals surface area contributed by atoms with E-state index in [1.165, 1.54) is 12.8 Å². The van der Waals surface area contributed by atoms with Crippen molar-refractivity contribution in [1.82, 2.24) is 4.90 Å². The number of hydrogen-bond acceptors (Lipinski definition) is 2. The van der Waals surface area contributed by atoms with Crippen LogP contribution < -0.4 is 0 Å². The molecule has 0 aromatic heterocycles. The molecule has 0 amide bonds. The number of nitrogens with one attached hydrogen (secondary N) is 1. The monoisotopic (exact) mass is 198 g/mol. The van der Waals surface area contributed by atoms with Gasteiger partial charge in [0, 0.05) is 25.6 Å². The van der Waals surface area contributed by atoms with E-state index in [1.54, 1.807) is 0 Å². The van der Waals surface area contributed by atoms with Gasteiger partial charge in [0.15, 0.2) is 0 Å². The normalized spacial score (nSPS) is 22.9. The van der Waals surface area contributed by atoms with E-state index in [2.05, 4.69) is 18.7 Å². The highest BCUT2D eigenvalue weighted by molar-refractivity contribution is 5.81. The molecule has 1 fully saturated rings. The minimum atomic E-state index is 0.285. The average Bonchev–Trinajstić information content (AvgIpc) is 2.17. The van der Waals surface area contributed by atoms with E-state index in [1.807, 2.05) is 0 Å². The maximum atomic E-state index is 8.88. The number of nitrogens with zero attached hydrogens (tertiary/aromatic N) is 1. The molecule has 3 nitrogen and oxygen atoms in total. The Kier molecular flexibility index (Phi) is 4.39. The minimum absolute atomic E-state index is 0.285. The first-order valence-electron chi connectivity index (χ1n) is 5.59. The molecule has 14 heavy (non-hydrogen) atoms. The van der Waals surface area contributed by atoms with Crippen LogP contribution in [0.5, 0.6) is 0 Å². The summed E-state index contributed by atoms with van der Waals surface area (Å²) in [6, 6.07) is 0. The number of aliphatic hydroxyl groups excluding tert-OH is 1. The molecule has 0 spiro atoms. The third-order valence-electron chi connectivity index (χ3n) is 2.94. The molecule has 1 saturated heterocycles. The molecular weight excluding hydrogens is 176 g/mol. The van der Waals surface area contributed by atoms with Crippen LogP contribution in [0.2, 0.25) is 0 Å².